The molecular formula is C19H26BrN3O4. The van der Waals surface area contributed by atoms with Gasteiger partial charge in [0.15, 0.2) is 5.82 Å². The maximum atomic E-state index is 12.6. The fourth-order valence-corrected chi connectivity index (χ4v) is 2.83. The highest BCUT2D eigenvalue weighted by Crippen LogP contribution is 2.26. The predicted octanol–water partition coefficient (Wildman–Crippen LogP) is 3.49. The fourth-order valence-electron chi connectivity index (χ4n) is 2.57. The van der Waals surface area contributed by atoms with Gasteiger partial charge in [0.2, 0.25) is 5.89 Å². The molecule has 2 aromatic rings. The van der Waals surface area contributed by atoms with E-state index in [4.69, 9.17) is 14.0 Å². The number of methoxy groups -OCH3 is 2. The van der Waals surface area contributed by atoms with E-state index < -0.39 is 6.04 Å². The minimum absolute atomic E-state index is 0.240. The number of aromatic nitrogens is 2. The summed E-state index contributed by atoms with van der Waals surface area (Å²) in [5.41, 5.74) is 0.580. The van der Waals surface area contributed by atoms with E-state index in [1.807, 2.05) is 49.9 Å². The number of ether oxygens (including phenoxy) is 2. The average molecular weight is 440 g/mol. The summed E-state index contributed by atoms with van der Waals surface area (Å²) in [4.78, 5) is 19.0. The zero-order valence-electron chi connectivity index (χ0n) is 16.4. The molecule has 0 aliphatic rings. The second-order valence-corrected chi connectivity index (χ2v) is 8.12. The molecule has 1 atom stereocenters. The predicted molar refractivity (Wildman–Crippen MR) is 104 cm³/mol. The van der Waals surface area contributed by atoms with Crippen molar-refractivity contribution in [1.29, 1.82) is 0 Å². The molecule has 0 N–H and O–H groups in total. The van der Waals surface area contributed by atoms with Crippen LogP contribution in [0.15, 0.2) is 33.3 Å². The standard InChI is InChI=1S/C19H26BrN3O4/c1-19(2,3)18-21-15(22-27-18)12-23(10-11-25-4)16(17(24)26-5)13-6-8-14(20)9-7-13/h6-9,16H,10-12H2,1-5H3/t16-/m0/s1. The van der Waals surface area contributed by atoms with Crippen molar-refractivity contribution in [2.24, 2.45) is 0 Å². The monoisotopic (exact) mass is 439 g/mol. The van der Waals surface area contributed by atoms with Crippen molar-refractivity contribution < 1.29 is 18.8 Å². The zero-order chi connectivity index (χ0) is 20.0. The molecule has 0 saturated carbocycles. The van der Waals surface area contributed by atoms with Gasteiger partial charge >= 0.3 is 5.97 Å². The molecule has 0 spiro atoms. The van der Waals surface area contributed by atoms with Gasteiger partial charge in [-0.1, -0.05) is 54.0 Å². The fraction of sp³-hybridized carbons (Fsp3) is 0.526. The Labute approximate surface area is 168 Å². The Morgan fingerprint density at radius 2 is 1.93 bits per heavy atom. The van der Waals surface area contributed by atoms with Crippen LogP contribution >= 0.6 is 15.9 Å². The van der Waals surface area contributed by atoms with E-state index >= 15 is 0 Å². The number of carbonyl (C=O) groups is 1. The summed E-state index contributed by atoms with van der Waals surface area (Å²) >= 11 is 3.42. The van der Waals surface area contributed by atoms with Crippen molar-refractivity contribution >= 4 is 21.9 Å². The van der Waals surface area contributed by atoms with Gasteiger partial charge in [-0.3, -0.25) is 4.90 Å². The summed E-state index contributed by atoms with van der Waals surface area (Å²) in [6.07, 6.45) is 0. The molecule has 2 rings (SSSR count). The lowest BCUT2D eigenvalue weighted by Crippen LogP contribution is -2.37. The summed E-state index contributed by atoms with van der Waals surface area (Å²) in [5, 5.41) is 4.08. The average Bonchev–Trinajstić information content (AvgIpc) is 3.10. The van der Waals surface area contributed by atoms with Crippen molar-refractivity contribution in [1.82, 2.24) is 15.0 Å². The first-order chi connectivity index (χ1) is 12.8. The summed E-state index contributed by atoms with van der Waals surface area (Å²) in [7, 11) is 3.01. The molecule has 148 valence electrons. The van der Waals surface area contributed by atoms with Crippen molar-refractivity contribution in [3.8, 4) is 0 Å². The second-order valence-electron chi connectivity index (χ2n) is 7.21. The summed E-state index contributed by atoms with van der Waals surface area (Å²) < 4.78 is 16.6. The van der Waals surface area contributed by atoms with Crippen LogP contribution in [0.5, 0.6) is 0 Å². The van der Waals surface area contributed by atoms with Crippen LogP contribution in [0.1, 0.15) is 44.1 Å². The molecule has 0 aliphatic heterocycles. The highest BCUT2D eigenvalue weighted by atomic mass is 79.9. The van der Waals surface area contributed by atoms with Gasteiger partial charge < -0.3 is 14.0 Å². The molecule has 0 bridgehead atoms. The highest BCUT2D eigenvalue weighted by Gasteiger charge is 2.30. The molecule has 1 heterocycles. The number of nitrogens with zero attached hydrogens (tertiary/aromatic N) is 3. The van der Waals surface area contributed by atoms with E-state index in [0.29, 0.717) is 31.4 Å². The van der Waals surface area contributed by atoms with E-state index in [9.17, 15) is 4.79 Å². The number of benzene rings is 1. The van der Waals surface area contributed by atoms with Crippen LogP contribution in [0.2, 0.25) is 0 Å². The van der Waals surface area contributed by atoms with Crippen molar-refractivity contribution in [3.63, 3.8) is 0 Å². The highest BCUT2D eigenvalue weighted by molar-refractivity contribution is 9.10. The molecular weight excluding hydrogens is 414 g/mol. The summed E-state index contributed by atoms with van der Waals surface area (Å²) in [5.74, 6) is 0.720. The van der Waals surface area contributed by atoms with Crippen LogP contribution in [-0.2, 0) is 26.2 Å². The Morgan fingerprint density at radius 1 is 1.26 bits per heavy atom. The minimum atomic E-state index is -0.602. The number of hydrogen-bond acceptors (Lipinski definition) is 7. The first-order valence-electron chi connectivity index (χ1n) is 8.65. The van der Waals surface area contributed by atoms with Gasteiger partial charge in [-0.15, -0.1) is 0 Å². The SMILES string of the molecule is COCCN(Cc1noc(C(C)(C)C)n1)[C@H](C(=O)OC)c1ccc(Br)cc1. The van der Waals surface area contributed by atoms with E-state index in [2.05, 4.69) is 26.1 Å². The first-order valence-corrected chi connectivity index (χ1v) is 9.45. The molecule has 0 unspecified atom stereocenters. The van der Waals surface area contributed by atoms with Crippen molar-refractivity contribution in [2.75, 3.05) is 27.4 Å². The summed E-state index contributed by atoms with van der Waals surface area (Å²) in [6, 6.07) is 6.97. The molecule has 0 fully saturated rings. The lowest BCUT2D eigenvalue weighted by molar-refractivity contribution is -0.148. The van der Waals surface area contributed by atoms with Crippen LogP contribution < -0.4 is 0 Å². The molecule has 27 heavy (non-hydrogen) atoms. The topological polar surface area (TPSA) is 77.7 Å². The van der Waals surface area contributed by atoms with Gasteiger partial charge in [-0.05, 0) is 17.7 Å². The molecule has 0 aliphatic carbocycles. The normalized spacial score (nSPS) is 13.0. The first kappa shape index (κ1) is 21.5. The minimum Gasteiger partial charge on any atom is -0.468 e. The summed E-state index contributed by atoms with van der Waals surface area (Å²) in [6.45, 7) is 7.31. The number of halogens is 1. The van der Waals surface area contributed by atoms with Gasteiger partial charge in [0.1, 0.15) is 6.04 Å². The molecule has 8 heteroatoms. The van der Waals surface area contributed by atoms with Crippen LogP contribution in [0.3, 0.4) is 0 Å². The van der Waals surface area contributed by atoms with Crippen LogP contribution in [-0.4, -0.2) is 48.4 Å². The third kappa shape index (κ3) is 5.85. The third-order valence-electron chi connectivity index (χ3n) is 4.01. The number of rotatable bonds is 8. The van der Waals surface area contributed by atoms with Crippen molar-refractivity contribution in [3.05, 3.63) is 46.0 Å². The third-order valence-corrected chi connectivity index (χ3v) is 4.54. The Kier molecular flexibility index (Phi) is 7.52. The quantitative estimate of drug-likeness (QED) is 0.582. The smallest absolute Gasteiger partial charge is 0.327 e. The van der Waals surface area contributed by atoms with Crippen LogP contribution in [0, 0.1) is 0 Å². The van der Waals surface area contributed by atoms with E-state index in [0.717, 1.165) is 10.0 Å². The van der Waals surface area contributed by atoms with E-state index in [1.54, 1.807) is 7.11 Å². The number of carbonyl (C=O) groups excluding carboxylic acids is 1. The molecule has 7 nitrogen and oxygen atoms in total. The maximum Gasteiger partial charge on any atom is 0.327 e. The maximum absolute atomic E-state index is 12.6. The van der Waals surface area contributed by atoms with Gasteiger partial charge in [-0.25, -0.2) is 4.79 Å². The van der Waals surface area contributed by atoms with Gasteiger partial charge in [-0.2, -0.15) is 4.98 Å². The number of hydrogen-bond donors (Lipinski definition) is 0. The van der Waals surface area contributed by atoms with E-state index in [-0.39, 0.29) is 11.4 Å². The lowest BCUT2D eigenvalue weighted by Gasteiger charge is -2.28. The molecule has 1 aromatic heterocycles. The van der Waals surface area contributed by atoms with Crippen molar-refractivity contribution in [2.45, 2.75) is 38.8 Å². The largest absolute Gasteiger partial charge is 0.468 e. The van der Waals surface area contributed by atoms with Gasteiger partial charge in [0.25, 0.3) is 0 Å². The molecule has 0 radical (unpaired) electrons. The second kappa shape index (κ2) is 9.43. The Hall–Kier alpha value is -1.77. The molecule has 1 aromatic carbocycles. The zero-order valence-corrected chi connectivity index (χ0v) is 17.9. The van der Waals surface area contributed by atoms with Gasteiger partial charge in [0, 0.05) is 23.5 Å². The van der Waals surface area contributed by atoms with Crippen LogP contribution in [0.25, 0.3) is 0 Å². The Morgan fingerprint density at radius 3 is 2.44 bits per heavy atom. The molecule has 0 saturated heterocycles. The Balaban J connectivity index is 2.33. The van der Waals surface area contributed by atoms with E-state index in [1.165, 1.54) is 7.11 Å². The Bertz CT molecular complexity index is 740. The van der Waals surface area contributed by atoms with Gasteiger partial charge in [0.05, 0.1) is 20.3 Å². The number of esters is 1. The molecule has 0 amide bonds. The lowest BCUT2D eigenvalue weighted by atomic mass is 9.97. The van der Waals surface area contributed by atoms with Crippen LogP contribution in [0.4, 0.5) is 0 Å².